The van der Waals surface area contributed by atoms with Crippen molar-refractivity contribution in [1.82, 2.24) is 47.2 Å². The summed E-state index contributed by atoms with van der Waals surface area (Å²) in [6, 6.07) is -10.1. The third kappa shape index (κ3) is 16.7. The molecule has 24 nitrogen and oxygen atoms in total. The average molecular weight is 772 g/mol. The van der Waals surface area contributed by atoms with Gasteiger partial charge in [0.25, 0.3) is 0 Å². The SMILES string of the molecule is CC(NC(=O)CNC(=O)C(CC(=O)O)NC(=O)C(C)NC(=O)C(CO)NC(=O)C(Cc1cnc[nH]1)NC(=O)C(N)CO)C(=O)NC(CCCCN)C(=O)O. The Bertz CT molecular complexity index is 1460. The van der Waals surface area contributed by atoms with Crippen molar-refractivity contribution < 1.29 is 63.6 Å². The van der Waals surface area contributed by atoms with Crippen LogP contribution in [0.25, 0.3) is 0 Å². The maximum atomic E-state index is 13.0. The summed E-state index contributed by atoms with van der Waals surface area (Å²) in [5, 5.41) is 53.1. The van der Waals surface area contributed by atoms with Gasteiger partial charge in [0.05, 0.1) is 32.5 Å². The highest BCUT2D eigenvalue weighted by Gasteiger charge is 2.31. The van der Waals surface area contributed by atoms with E-state index < -0.39 is 122 Å². The number of carboxylic acid groups (broad SMARTS) is 2. The number of hydrogen-bond donors (Lipinski definition) is 14. The van der Waals surface area contributed by atoms with Crippen molar-refractivity contribution in [3.8, 4) is 0 Å². The molecule has 1 aromatic heterocycles. The lowest BCUT2D eigenvalue weighted by molar-refractivity contribution is -0.142. The number of aliphatic carboxylic acids is 2. The number of aromatic nitrogens is 2. The van der Waals surface area contributed by atoms with Crippen LogP contribution in [0.1, 0.15) is 45.2 Å². The number of nitrogens with two attached hydrogens (primary N) is 2. The van der Waals surface area contributed by atoms with Crippen LogP contribution in [0.15, 0.2) is 12.5 Å². The number of imidazole rings is 1. The second kappa shape index (κ2) is 23.8. The molecular weight excluding hydrogens is 722 g/mol. The monoisotopic (exact) mass is 771 g/mol. The molecular formula is C30H49N11O13. The molecule has 0 fully saturated rings. The van der Waals surface area contributed by atoms with E-state index in [0.717, 1.165) is 6.92 Å². The minimum Gasteiger partial charge on any atom is -0.481 e. The number of carbonyl (C=O) groups is 9. The molecule has 16 N–H and O–H groups in total. The summed E-state index contributed by atoms with van der Waals surface area (Å²) in [6.07, 6.45) is 2.61. The smallest absolute Gasteiger partial charge is 0.326 e. The van der Waals surface area contributed by atoms with Crippen LogP contribution in [0.5, 0.6) is 0 Å². The lowest BCUT2D eigenvalue weighted by atomic mass is 10.1. The number of aromatic amines is 1. The number of hydrogen-bond acceptors (Lipinski definition) is 14. The molecule has 0 aliphatic carbocycles. The molecule has 54 heavy (non-hydrogen) atoms. The highest BCUT2D eigenvalue weighted by atomic mass is 16.4. The summed E-state index contributed by atoms with van der Waals surface area (Å²) in [4.78, 5) is 118. The van der Waals surface area contributed by atoms with Gasteiger partial charge < -0.3 is 74.1 Å². The largest absolute Gasteiger partial charge is 0.481 e. The molecule has 24 heteroatoms. The van der Waals surface area contributed by atoms with Crippen LogP contribution in [0, 0.1) is 0 Å². The van der Waals surface area contributed by atoms with E-state index in [4.69, 9.17) is 16.6 Å². The van der Waals surface area contributed by atoms with Crippen molar-refractivity contribution in [2.24, 2.45) is 11.5 Å². The number of carboxylic acids is 2. The van der Waals surface area contributed by atoms with Crippen LogP contribution in [-0.4, -0.2) is 152 Å². The summed E-state index contributed by atoms with van der Waals surface area (Å²) in [5.74, 6) is -9.72. The Morgan fingerprint density at radius 2 is 1.30 bits per heavy atom. The van der Waals surface area contributed by atoms with E-state index in [1.807, 2.05) is 0 Å². The quantitative estimate of drug-likeness (QED) is 0.0411. The summed E-state index contributed by atoms with van der Waals surface area (Å²) in [7, 11) is 0. The molecule has 1 aromatic rings. The first-order valence-corrected chi connectivity index (χ1v) is 16.6. The normalized spacial score (nSPS) is 14.7. The Balaban J connectivity index is 2.82. The topological polar surface area (TPSA) is 399 Å². The summed E-state index contributed by atoms with van der Waals surface area (Å²) in [6.45, 7) is 0.248. The number of carbonyl (C=O) groups excluding carboxylic acids is 7. The fourth-order valence-electron chi connectivity index (χ4n) is 4.41. The molecule has 0 aromatic carbocycles. The van der Waals surface area contributed by atoms with Crippen LogP contribution >= 0.6 is 0 Å². The summed E-state index contributed by atoms with van der Waals surface area (Å²) >= 11 is 0. The Hall–Kier alpha value is -5.72. The van der Waals surface area contributed by atoms with Gasteiger partial charge in [-0.15, -0.1) is 0 Å². The van der Waals surface area contributed by atoms with Gasteiger partial charge in [-0.2, -0.15) is 0 Å². The third-order valence-corrected chi connectivity index (χ3v) is 7.48. The zero-order valence-electron chi connectivity index (χ0n) is 29.6. The summed E-state index contributed by atoms with van der Waals surface area (Å²) in [5.41, 5.74) is 11.3. The molecule has 1 rings (SSSR count). The Labute approximate surface area is 308 Å². The molecule has 0 radical (unpaired) electrons. The zero-order valence-corrected chi connectivity index (χ0v) is 29.6. The van der Waals surface area contributed by atoms with Gasteiger partial charge in [-0.05, 0) is 39.7 Å². The first-order chi connectivity index (χ1) is 25.4. The number of nitrogens with one attached hydrogen (secondary N) is 8. The Kier molecular flexibility index (Phi) is 20.4. The van der Waals surface area contributed by atoms with Crippen LogP contribution in [0.3, 0.4) is 0 Å². The molecule has 0 aliphatic rings. The molecule has 7 atom stereocenters. The van der Waals surface area contributed by atoms with E-state index in [0.29, 0.717) is 25.1 Å². The third-order valence-electron chi connectivity index (χ3n) is 7.48. The van der Waals surface area contributed by atoms with E-state index in [9.17, 15) is 58.5 Å². The molecule has 7 unspecified atom stereocenters. The van der Waals surface area contributed by atoms with E-state index in [1.165, 1.54) is 19.4 Å². The van der Waals surface area contributed by atoms with Gasteiger partial charge in [-0.25, -0.2) is 9.78 Å². The van der Waals surface area contributed by atoms with Crippen molar-refractivity contribution in [2.75, 3.05) is 26.3 Å². The van der Waals surface area contributed by atoms with Crippen molar-refractivity contribution in [1.29, 1.82) is 0 Å². The van der Waals surface area contributed by atoms with Crippen molar-refractivity contribution >= 4 is 53.3 Å². The van der Waals surface area contributed by atoms with Gasteiger partial charge in [-0.3, -0.25) is 38.4 Å². The highest BCUT2D eigenvalue weighted by molar-refractivity contribution is 5.97. The van der Waals surface area contributed by atoms with Crippen molar-refractivity contribution in [2.45, 2.75) is 88.2 Å². The average Bonchev–Trinajstić information content (AvgIpc) is 3.63. The van der Waals surface area contributed by atoms with Crippen molar-refractivity contribution in [3.63, 3.8) is 0 Å². The van der Waals surface area contributed by atoms with Gasteiger partial charge in [0.15, 0.2) is 0 Å². The number of nitrogens with zero attached hydrogens (tertiary/aromatic N) is 1. The van der Waals surface area contributed by atoms with Gasteiger partial charge >= 0.3 is 11.9 Å². The van der Waals surface area contributed by atoms with Crippen LogP contribution < -0.4 is 48.7 Å². The zero-order chi connectivity index (χ0) is 41.0. The van der Waals surface area contributed by atoms with E-state index >= 15 is 0 Å². The number of rotatable bonds is 25. The fraction of sp³-hybridized carbons (Fsp3) is 0.600. The predicted octanol–water partition coefficient (Wildman–Crippen LogP) is -6.98. The van der Waals surface area contributed by atoms with Crippen LogP contribution in [0.4, 0.5) is 0 Å². The molecule has 0 spiro atoms. The molecule has 0 saturated heterocycles. The molecule has 0 saturated carbocycles. The molecule has 7 amide bonds. The van der Waals surface area contributed by atoms with Gasteiger partial charge in [0, 0.05) is 18.3 Å². The number of H-pyrrole nitrogens is 1. The van der Waals surface area contributed by atoms with Crippen LogP contribution in [-0.2, 0) is 49.6 Å². The van der Waals surface area contributed by atoms with E-state index in [2.05, 4.69) is 47.2 Å². The maximum Gasteiger partial charge on any atom is 0.326 e. The summed E-state index contributed by atoms with van der Waals surface area (Å²) < 4.78 is 0. The first-order valence-electron chi connectivity index (χ1n) is 16.6. The van der Waals surface area contributed by atoms with Gasteiger partial charge in [-0.1, -0.05) is 0 Å². The molecule has 0 aliphatic heterocycles. The second-order valence-electron chi connectivity index (χ2n) is 12.0. The molecule has 302 valence electrons. The van der Waals surface area contributed by atoms with Crippen LogP contribution in [0.2, 0.25) is 0 Å². The molecule has 0 bridgehead atoms. The Morgan fingerprint density at radius 1 is 0.722 bits per heavy atom. The highest BCUT2D eigenvalue weighted by Crippen LogP contribution is 2.03. The minimum absolute atomic E-state index is 0.101. The lowest BCUT2D eigenvalue weighted by Gasteiger charge is -2.24. The lowest BCUT2D eigenvalue weighted by Crippen LogP contribution is -2.60. The second-order valence-corrected chi connectivity index (χ2v) is 12.0. The predicted molar refractivity (Wildman–Crippen MR) is 183 cm³/mol. The van der Waals surface area contributed by atoms with E-state index in [1.54, 1.807) is 0 Å². The number of amides is 7. The minimum atomic E-state index is -1.77. The molecule has 1 heterocycles. The van der Waals surface area contributed by atoms with Gasteiger partial charge in [0.2, 0.25) is 41.4 Å². The number of aliphatic hydroxyl groups excluding tert-OH is 2. The van der Waals surface area contributed by atoms with Crippen molar-refractivity contribution in [3.05, 3.63) is 18.2 Å². The Morgan fingerprint density at radius 3 is 1.83 bits per heavy atom. The fourth-order valence-corrected chi connectivity index (χ4v) is 4.41. The van der Waals surface area contributed by atoms with E-state index in [-0.39, 0.29) is 12.8 Å². The number of aliphatic hydroxyl groups is 2. The first kappa shape index (κ1) is 46.3. The standard InChI is InChI=1S/C30H49N11O13/c1-14(24(47)38-18(30(53)54)5-3-4-6-31)36-22(44)10-34-27(50)20(8-23(45)46)39-25(48)15(2)37-29(52)21(12-43)41-28(51)19(7-16-9-33-13-35-16)40-26(49)17(32)11-42/h9,13-15,17-21,42-43H,3-8,10-12,31-32H2,1-2H3,(H,33,35)(H,34,50)(H,36,44)(H,37,52)(H,38,47)(H,39,48)(H,40,49)(H,41,51)(H,45,46)(H,53,54). The number of unbranched alkanes of at least 4 members (excludes halogenated alkanes) is 1. The maximum absolute atomic E-state index is 13.0. The van der Waals surface area contributed by atoms with Gasteiger partial charge in [0.1, 0.15) is 42.3 Å².